The van der Waals surface area contributed by atoms with E-state index in [0.717, 1.165) is 21.7 Å². The van der Waals surface area contributed by atoms with Crippen molar-refractivity contribution in [1.82, 2.24) is 9.97 Å². The average molecular weight is 260 g/mol. The lowest BCUT2D eigenvalue weighted by Gasteiger charge is -2.11. The van der Waals surface area contributed by atoms with Gasteiger partial charge in [-0.2, -0.15) is 0 Å². The van der Waals surface area contributed by atoms with Crippen molar-refractivity contribution >= 4 is 33.2 Å². The maximum atomic E-state index is 5.94. The molecule has 0 aromatic carbocycles. The van der Waals surface area contributed by atoms with Crippen LogP contribution in [-0.2, 0) is 0 Å². The van der Waals surface area contributed by atoms with Gasteiger partial charge in [0.2, 0.25) is 5.95 Å². The summed E-state index contributed by atoms with van der Waals surface area (Å²) >= 11 is 1.53. The predicted octanol–water partition coefficient (Wildman–Crippen LogP) is 2.60. The monoisotopic (exact) mass is 260 g/mol. The second-order valence-corrected chi connectivity index (χ2v) is 4.99. The fourth-order valence-electron chi connectivity index (χ4n) is 1.70. The Morgan fingerprint density at radius 3 is 2.83 bits per heavy atom. The van der Waals surface area contributed by atoms with Crippen LogP contribution in [0.15, 0.2) is 28.2 Å². The summed E-state index contributed by atoms with van der Waals surface area (Å²) in [6.07, 6.45) is 1.63. The second kappa shape index (κ2) is 3.99. The Kier molecular flexibility index (Phi) is 2.45. The van der Waals surface area contributed by atoms with E-state index in [9.17, 15) is 0 Å². The number of nitrogens with two attached hydrogens (primary N) is 1. The van der Waals surface area contributed by atoms with Crippen LogP contribution in [0.3, 0.4) is 0 Å². The quantitative estimate of drug-likeness (QED) is 0.767. The Balaban J connectivity index is 2.35. The summed E-state index contributed by atoms with van der Waals surface area (Å²) in [5.74, 6) is 1.35. The molecule has 18 heavy (non-hydrogen) atoms. The van der Waals surface area contributed by atoms with Crippen LogP contribution >= 0.6 is 11.3 Å². The summed E-state index contributed by atoms with van der Waals surface area (Å²) in [7, 11) is 3.80. The first-order valence-electron chi connectivity index (χ1n) is 5.42. The lowest BCUT2D eigenvalue weighted by molar-refractivity contribution is 0.580. The molecule has 92 valence electrons. The Bertz CT molecular complexity index is 687. The molecule has 0 fully saturated rings. The third-order valence-electron chi connectivity index (χ3n) is 2.59. The number of furan rings is 1. The minimum atomic E-state index is 0.624. The molecule has 0 saturated carbocycles. The number of hydrogen-bond donors (Lipinski definition) is 1. The van der Waals surface area contributed by atoms with Crippen molar-refractivity contribution in [2.75, 3.05) is 24.7 Å². The molecule has 6 heteroatoms. The number of nitrogens with zero attached hydrogens (tertiary/aromatic N) is 3. The number of fused-ring (bicyclic) bond motifs is 1. The van der Waals surface area contributed by atoms with E-state index in [-0.39, 0.29) is 0 Å². The Morgan fingerprint density at radius 2 is 2.17 bits per heavy atom. The highest BCUT2D eigenvalue weighted by Gasteiger charge is 2.16. The molecule has 0 aliphatic carbocycles. The van der Waals surface area contributed by atoms with Gasteiger partial charge >= 0.3 is 0 Å². The molecule has 2 N–H and O–H groups in total. The Labute approximate surface area is 108 Å². The molecule has 3 aromatic rings. The van der Waals surface area contributed by atoms with E-state index in [1.165, 1.54) is 11.3 Å². The van der Waals surface area contributed by atoms with Crippen LogP contribution in [0, 0.1) is 0 Å². The van der Waals surface area contributed by atoms with Crippen LogP contribution in [0.5, 0.6) is 0 Å². The third-order valence-corrected chi connectivity index (χ3v) is 3.58. The highest BCUT2D eigenvalue weighted by molar-refractivity contribution is 7.18. The number of hydrogen-bond acceptors (Lipinski definition) is 6. The predicted molar refractivity (Wildman–Crippen MR) is 73.9 cm³/mol. The van der Waals surface area contributed by atoms with Gasteiger partial charge in [-0.15, -0.1) is 11.3 Å². The zero-order valence-electron chi connectivity index (χ0n) is 10.0. The smallest absolute Gasteiger partial charge is 0.226 e. The van der Waals surface area contributed by atoms with Crippen LogP contribution < -0.4 is 10.6 Å². The SMILES string of the molecule is CN(C)c1nc(-c2ccco2)c2scc(N)c2n1. The zero-order chi connectivity index (χ0) is 12.7. The fraction of sp³-hybridized carbons (Fsp3) is 0.167. The molecule has 0 spiro atoms. The van der Waals surface area contributed by atoms with E-state index in [0.29, 0.717) is 11.6 Å². The largest absolute Gasteiger partial charge is 0.463 e. The summed E-state index contributed by atoms with van der Waals surface area (Å²) in [6, 6.07) is 3.73. The van der Waals surface area contributed by atoms with E-state index in [1.54, 1.807) is 6.26 Å². The van der Waals surface area contributed by atoms with Crippen molar-refractivity contribution in [2.24, 2.45) is 0 Å². The molecule has 0 aliphatic heterocycles. The molecule has 0 atom stereocenters. The van der Waals surface area contributed by atoms with Crippen molar-refractivity contribution < 1.29 is 4.42 Å². The number of thiophene rings is 1. The van der Waals surface area contributed by atoms with E-state index in [1.807, 2.05) is 36.5 Å². The number of aromatic nitrogens is 2. The van der Waals surface area contributed by atoms with E-state index in [4.69, 9.17) is 10.2 Å². The summed E-state index contributed by atoms with van der Waals surface area (Å²) in [5.41, 5.74) is 8.18. The summed E-state index contributed by atoms with van der Waals surface area (Å²) in [5, 5.41) is 1.88. The van der Waals surface area contributed by atoms with Crippen LogP contribution in [-0.4, -0.2) is 24.1 Å². The maximum absolute atomic E-state index is 5.94. The zero-order valence-corrected chi connectivity index (χ0v) is 10.9. The minimum Gasteiger partial charge on any atom is -0.463 e. The van der Waals surface area contributed by atoms with Gasteiger partial charge in [-0.3, -0.25) is 0 Å². The van der Waals surface area contributed by atoms with Gasteiger partial charge in [-0.25, -0.2) is 9.97 Å². The summed E-state index contributed by atoms with van der Waals surface area (Å²) in [6.45, 7) is 0. The van der Waals surface area contributed by atoms with Gasteiger partial charge in [0.15, 0.2) is 5.76 Å². The highest BCUT2D eigenvalue weighted by Crippen LogP contribution is 2.35. The summed E-state index contributed by atoms with van der Waals surface area (Å²) < 4.78 is 6.38. The van der Waals surface area contributed by atoms with Crippen molar-refractivity contribution in [3.63, 3.8) is 0 Å². The van der Waals surface area contributed by atoms with Gasteiger partial charge in [0, 0.05) is 19.5 Å². The van der Waals surface area contributed by atoms with Crippen LogP contribution in [0.1, 0.15) is 0 Å². The lowest BCUT2D eigenvalue weighted by Crippen LogP contribution is -2.13. The molecule has 3 rings (SSSR count). The van der Waals surface area contributed by atoms with Crippen molar-refractivity contribution in [3.05, 3.63) is 23.8 Å². The van der Waals surface area contributed by atoms with Crippen LogP contribution in [0.4, 0.5) is 11.6 Å². The van der Waals surface area contributed by atoms with Gasteiger partial charge in [0.25, 0.3) is 0 Å². The average Bonchev–Trinajstić information content (AvgIpc) is 2.98. The van der Waals surface area contributed by atoms with E-state index in [2.05, 4.69) is 9.97 Å². The minimum absolute atomic E-state index is 0.624. The first kappa shape index (κ1) is 11.0. The molecule has 5 nitrogen and oxygen atoms in total. The second-order valence-electron chi connectivity index (χ2n) is 4.11. The van der Waals surface area contributed by atoms with Gasteiger partial charge < -0.3 is 15.1 Å². The molecule has 0 radical (unpaired) electrons. The molecular weight excluding hydrogens is 248 g/mol. The maximum Gasteiger partial charge on any atom is 0.226 e. The van der Waals surface area contributed by atoms with Gasteiger partial charge in [-0.05, 0) is 12.1 Å². The topological polar surface area (TPSA) is 68.2 Å². The first-order valence-corrected chi connectivity index (χ1v) is 6.30. The number of rotatable bonds is 2. The van der Waals surface area contributed by atoms with E-state index >= 15 is 0 Å². The van der Waals surface area contributed by atoms with Crippen molar-refractivity contribution in [3.8, 4) is 11.5 Å². The fourth-order valence-corrected chi connectivity index (χ4v) is 2.59. The van der Waals surface area contributed by atoms with E-state index < -0.39 is 0 Å². The first-order chi connectivity index (χ1) is 8.66. The Hall–Kier alpha value is -2.08. The van der Waals surface area contributed by atoms with Gasteiger partial charge in [-0.1, -0.05) is 0 Å². The molecule has 3 aromatic heterocycles. The molecule has 0 saturated heterocycles. The standard InChI is InChI=1S/C12H12N4OS/c1-16(2)12-14-9-7(13)6-18-11(9)10(15-12)8-4-3-5-17-8/h3-6H,13H2,1-2H3. The molecular formula is C12H12N4OS. The lowest BCUT2D eigenvalue weighted by atomic mass is 10.3. The van der Waals surface area contributed by atoms with Crippen LogP contribution in [0.25, 0.3) is 21.7 Å². The third kappa shape index (κ3) is 1.62. The van der Waals surface area contributed by atoms with Gasteiger partial charge in [0.1, 0.15) is 11.2 Å². The molecule has 0 unspecified atom stereocenters. The van der Waals surface area contributed by atoms with Crippen LogP contribution in [0.2, 0.25) is 0 Å². The normalized spacial score (nSPS) is 11.0. The number of anilines is 2. The molecule has 0 amide bonds. The number of nitrogen functional groups attached to an aromatic ring is 1. The molecule has 0 bridgehead atoms. The van der Waals surface area contributed by atoms with Crippen molar-refractivity contribution in [2.45, 2.75) is 0 Å². The van der Waals surface area contributed by atoms with Crippen molar-refractivity contribution in [1.29, 1.82) is 0 Å². The Morgan fingerprint density at radius 1 is 1.33 bits per heavy atom. The van der Waals surface area contributed by atoms with Gasteiger partial charge in [0.05, 0.1) is 16.7 Å². The molecule has 0 aliphatic rings. The highest BCUT2D eigenvalue weighted by atomic mass is 32.1. The summed E-state index contributed by atoms with van der Waals surface area (Å²) in [4.78, 5) is 10.8. The molecule has 3 heterocycles.